The van der Waals surface area contributed by atoms with Gasteiger partial charge < -0.3 is 29.5 Å². The number of carbonyl (C=O) groups is 2. The Kier molecular flexibility index (Phi) is 11.2. The van der Waals surface area contributed by atoms with E-state index in [4.69, 9.17) is 14.2 Å². The summed E-state index contributed by atoms with van der Waals surface area (Å²) in [4.78, 5) is 27.4. The van der Waals surface area contributed by atoms with Crippen molar-refractivity contribution < 1.29 is 37.7 Å². The van der Waals surface area contributed by atoms with Crippen LogP contribution in [-0.4, -0.2) is 65.9 Å². The Morgan fingerprint density at radius 3 is 2.29 bits per heavy atom. The van der Waals surface area contributed by atoms with E-state index in [-0.39, 0.29) is 25.5 Å². The van der Waals surface area contributed by atoms with Crippen LogP contribution in [0.4, 0.5) is 13.6 Å². The first-order chi connectivity index (χ1) is 19.9. The lowest BCUT2D eigenvalue weighted by Crippen LogP contribution is -2.66. The van der Waals surface area contributed by atoms with E-state index >= 15 is 8.78 Å². The molecule has 1 saturated carbocycles. The number of benzene rings is 2. The molecule has 8 nitrogen and oxygen atoms in total. The zero-order valence-electron chi connectivity index (χ0n) is 25.5. The van der Waals surface area contributed by atoms with Crippen LogP contribution in [0.3, 0.4) is 0 Å². The van der Waals surface area contributed by atoms with Gasteiger partial charge in [-0.2, -0.15) is 0 Å². The van der Waals surface area contributed by atoms with Crippen LogP contribution >= 0.6 is 0 Å². The minimum absolute atomic E-state index is 0.0981. The minimum atomic E-state index is -3.10. The molecular weight excluding hydrogens is 546 g/mol. The molecule has 2 aromatic carbocycles. The van der Waals surface area contributed by atoms with E-state index in [1.807, 2.05) is 40.7 Å². The fourth-order valence-corrected chi connectivity index (χ4v) is 5.57. The monoisotopic (exact) mass is 590 g/mol. The number of aliphatic carboxylic acids is 1. The summed E-state index contributed by atoms with van der Waals surface area (Å²) in [5.41, 5.74) is 1.19. The highest BCUT2D eigenvalue weighted by atomic mass is 19.3. The topological polar surface area (TPSA) is 97.3 Å². The lowest BCUT2D eigenvalue weighted by molar-refractivity contribution is -0.156. The summed E-state index contributed by atoms with van der Waals surface area (Å²) in [7, 11) is 0. The highest BCUT2D eigenvalue weighted by molar-refractivity contribution is 5.87. The Bertz CT molecular complexity index is 1220. The summed E-state index contributed by atoms with van der Waals surface area (Å²) in [6.45, 7) is 11.9. The number of carboxylic acids is 1. The molecule has 0 aromatic heterocycles. The molecule has 0 saturated heterocycles. The zero-order valence-corrected chi connectivity index (χ0v) is 25.5. The third kappa shape index (κ3) is 7.70. The molecule has 1 atom stereocenters. The van der Waals surface area contributed by atoms with Crippen LogP contribution in [0.1, 0.15) is 75.3 Å². The molecule has 2 N–H and O–H groups in total. The van der Waals surface area contributed by atoms with Crippen molar-refractivity contribution in [3.05, 3.63) is 58.7 Å². The predicted octanol–water partition coefficient (Wildman–Crippen LogP) is 6.46. The third-order valence-electron chi connectivity index (χ3n) is 7.87. The van der Waals surface area contributed by atoms with E-state index in [2.05, 4.69) is 5.32 Å². The number of alkyl halides is 2. The Morgan fingerprint density at radius 1 is 1.07 bits per heavy atom. The van der Waals surface area contributed by atoms with Gasteiger partial charge in [0.2, 0.25) is 0 Å². The first-order valence-corrected chi connectivity index (χ1v) is 14.6. The van der Waals surface area contributed by atoms with Gasteiger partial charge in [0, 0.05) is 44.4 Å². The van der Waals surface area contributed by atoms with Crippen LogP contribution in [0.15, 0.2) is 36.4 Å². The maximum Gasteiger partial charge on any atom is 0.329 e. The molecule has 0 aliphatic heterocycles. The number of nitrogens with one attached hydrogen (secondary N) is 1. The Balaban J connectivity index is 1.96. The van der Waals surface area contributed by atoms with E-state index in [0.29, 0.717) is 42.4 Å². The fourth-order valence-electron chi connectivity index (χ4n) is 5.57. The fraction of sp³-hybridized carbons (Fsp3) is 0.562. The average Bonchev–Trinajstić information content (AvgIpc) is 2.91. The van der Waals surface area contributed by atoms with Gasteiger partial charge in [0.15, 0.2) is 0 Å². The second-order valence-corrected chi connectivity index (χ2v) is 10.8. The highest BCUT2D eigenvalue weighted by Crippen LogP contribution is 2.40. The van der Waals surface area contributed by atoms with Gasteiger partial charge >= 0.3 is 12.0 Å². The summed E-state index contributed by atoms with van der Waals surface area (Å²) < 4.78 is 47.8. The Morgan fingerprint density at radius 2 is 1.71 bits per heavy atom. The van der Waals surface area contributed by atoms with Crippen molar-refractivity contribution in [2.75, 3.05) is 26.4 Å². The normalized spacial score (nSPS) is 19.0. The lowest BCUT2D eigenvalue weighted by atomic mass is 9.74. The van der Waals surface area contributed by atoms with Gasteiger partial charge in [0.05, 0.1) is 25.4 Å². The maximum absolute atomic E-state index is 15.2. The lowest BCUT2D eigenvalue weighted by Gasteiger charge is -2.45. The summed E-state index contributed by atoms with van der Waals surface area (Å²) in [6.07, 6.45) is -1.18. The summed E-state index contributed by atoms with van der Waals surface area (Å²) >= 11 is 0. The molecule has 42 heavy (non-hydrogen) atoms. The van der Waals surface area contributed by atoms with E-state index < -0.39 is 42.3 Å². The van der Waals surface area contributed by atoms with Gasteiger partial charge in [0.1, 0.15) is 17.0 Å². The number of hydrogen-bond donors (Lipinski definition) is 2. The largest absolute Gasteiger partial charge is 0.493 e. The highest BCUT2D eigenvalue weighted by Gasteiger charge is 2.53. The molecular formula is C32H44F2N2O6. The standard InChI is InChI=1S/C32H44F2N2O6/c1-7-40-25-19-31(20-25,29(37)38)35-30(39)36(16-15-32(33,34)18-24-13-11-10-12-14-24)23(6)26-17-27(41-8-2)22(5)28(21(26)4)42-9-3/h10-14,17,23,25H,7-9,15-16,18-20H2,1-6H3,(H,35,39)(H,37,38)/t23-,25?,31?/m1/s1. The molecule has 0 unspecified atom stereocenters. The summed E-state index contributed by atoms with van der Waals surface area (Å²) in [5.74, 6) is -3.10. The van der Waals surface area contributed by atoms with Crippen LogP contribution < -0.4 is 14.8 Å². The van der Waals surface area contributed by atoms with Gasteiger partial charge in [-0.05, 0) is 64.3 Å². The second-order valence-electron chi connectivity index (χ2n) is 10.8. The van der Waals surface area contributed by atoms with Crippen molar-refractivity contribution >= 4 is 12.0 Å². The number of rotatable bonds is 15. The number of hydrogen-bond acceptors (Lipinski definition) is 5. The van der Waals surface area contributed by atoms with Crippen molar-refractivity contribution in [1.82, 2.24) is 10.2 Å². The number of carboxylic acid groups (broad SMARTS) is 1. The molecule has 1 aliphatic rings. The van der Waals surface area contributed by atoms with Gasteiger partial charge in [-0.25, -0.2) is 18.4 Å². The van der Waals surface area contributed by atoms with Gasteiger partial charge in [0.25, 0.3) is 5.92 Å². The number of urea groups is 1. The van der Waals surface area contributed by atoms with Crippen molar-refractivity contribution in [2.24, 2.45) is 0 Å². The van der Waals surface area contributed by atoms with Crippen LogP contribution in [0.25, 0.3) is 0 Å². The van der Waals surface area contributed by atoms with Crippen LogP contribution in [0.5, 0.6) is 11.5 Å². The molecule has 0 heterocycles. The molecule has 2 amide bonds. The Labute approximate surface area is 247 Å². The third-order valence-corrected chi connectivity index (χ3v) is 7.87. The van der Waals surface area contributed by atoms with E-state index in [0.717, 1.165) is 11.1 Å². The zero-order chi connectivity index (χ0) is 31.1. The average molecular weight is 591 g/mol. The molecule has 1 aliphatic carbocycles. The number of ether oxygens (including phenoxy) is 3. The number of carbonyl (C=O) groups excluding carboxylic acids is 1. The molecule has 3 rings (SSSR count). The molecule has 1 fully saturated rings. The minimum Gasteiger partial charge on any atom is -0.493 e. The van der Waals surface area contributed by atoms with Gasteiger partial charge in [-0.15, -0.1) is 0 Å². The smallest absolute Gasteiger partial charge is 0.329 e. The number of amides is 2. The Hall–Kier alpha value is -3.40. The van der Waals surface area contributed by atoms with Crippen LogP contribution in [0.2, 0.25) is 0 Å². The predicted molar refractivity (Wildman–Crippen MR) is 157 cm³/mol. The molecule has 2 aromatic rings. The van der Waals surface area contributed by atoms with Crippen molar-refractivity contribution in [1.29, 1.82) is 0 Å². The van der Waals surface area contributed by atoms with Crippen LogP contribution in [-0.2, 0) is 16.0 Å². The molecule has 232 valence electrons. The second kappa shape index (κ2) is 14.2. The van der Waals surface area contributed by atoms with Crippen LogP contribution in [0, 0.1) is 13.8 Å². The van der Waals surface area contributed by atoms with E-state index in [9.17, 15) is 14.7 Å². The SMILES string of the molecule is CCOc1cc([C@@H](C)N(CCC(F)(F)Cc2ccccc2)C(=O)NC2(C(=O)O)CC(OCC)C2)c(C)c(OCC)c1C. The number of nitrogens with zero attached hydrogens (tertiary/aromatic N) is 1. The molecule has 0 spiro atoms. The van der Waals surface area contributed by atoms with Crippen molar-refractivity contribution in [3.8, 4) is 11.5 Å². The summed E-state index contributed by atoms with van der Waals surface area (Å²) in [5, 5.41) is 12.7. The van der Waals surface area contributed by atoms with E-state index in [1.54, 1.807) is 37.3 Å². The van der Waals surface area contributed by atoms with Crippen molar-refractivity contribution in [2.45, 2.75) is 90.8 Å². The molecule has 0 bridgehead atoms. The molecule has 0 radical (unpaired) electrons. The number of halogens is 2. The maximum atomic E-state index is 15.2. The van der Waals surface area contributed by atoms with E-state index in [1.165, 1.54) is 4.90 Å². The van der Waals surface area contributed by atoms with Crippen molar-refractivity contribution in [3.63, 3.8) is 0 Å². The van der Waals surface area contributed by atoms with Gasteiger partial charge in [-0.3, -0.25) is 0 Å². The first-order valence-electron chi connectivity index (χ1n) is 14.6. The summed E-state index contributed by atoms with van der Waals surface area (Å²) in [6, 6.07) is 8.84. The van der Waals surface area contributed by atoms with Gasteiger partial charge in [-0.1, -0.05) is 30.3 Å². The quantitative estimate of drug-likeness (QED) is 0.247. The molecule has 10 heteroatoms. The first kappa shape index (κ1) is 33.1.